The minimum atomic E-state index is -0.311. The van der Waals surface area contributed by atoms with Crippen molar-refractivity contribution in [2.24, 2.45) is 0 Å². The fourth-order valence-corrected chi connectivity index (χ4v) is 2.97. The van der Waals surface area contributed by atoms with Gasteiger partial charge in [0.05, 0.1) is 5.92 Å². The van der Waals surface area contributed by atoms with Crippen molar-refractivity contribution in [3.8, 4) is 5.88 Å². The Morgan fingerprint density at radius 1 is 1.25 bits per heavy atom. The molecule has 1 unspecified atom stereocenters. The average Bonchev–Trinajstić information content (AvgIpc) is 2.46. The number of carbonyl (C=O) groups excluding carboxylic acids is 1. The first kappa shape index (κ1) is 12.9. The van der Waals surface area contributed by atoms with Gasteiger partial charge in [-0.25, -0.2) is 0 Å². The van der Waals surface area contributed by atoms with Gasteiger partial charge in [-0.2, -0.15) is 0 Å². The summed E-state index contributed by atoms with van der Waals surface area (Å²) in [5.74, 6) is -0.311. The van der Waals surface area contributed by atoms with Gasteiger partial charge in [-0.05, 0) is 30.6 Å². The molecule has 0 aliphatic heterocycles. The van der Waals surface area contributed by atoms with Gasteiger partial charge in [0, 0.05) is 17.7 Å². The Morgan fingerprint density at radius 3 is 2.80 bits per heavy atom. The molecule has 1 atom stereocenters. The third-order valence-corrected chi connectivity index (χ3v) is 4.05. The van der Waals surface area contributed by atoms with E-state index in [0.29, 0.717) is 29.7 Å². The van der Waals surface area contributed by atoms with Gasteiger partial charge in [0.2, 0.25) is 5.88 Å². The number of nitrogens with zero attached hydrogens (tertiary/aromatic N) is 1. The van der Waals surface area contributed by atoms with E-state index in [-0.39, 0.29) is 23.1 Å². The second kappa shape index (κ2) is 4.78. The van der Waals surface area contributed by atoms with E-state index in [4.69, 9.17) is 0 Å². The minimum Gasteiger partial charge on any atom is -0.494 e. The molecule has 0 saturated carbocycles. The van der Waals surface area contributed by atoms with Crippen LogP contribution >= 0.6 is 0 Å². The summed E-state index contributed by atoms with van der Waals surface area (Å²) in [6, 6.07) is 0. The SMILES string of the molecule is CCCCn1c(O)c2c3c(c1=O)C=CC(=O)C3CC=C2. The molecule has 4 heteroatoms. The highest BCUT2D eigenvalue weighted by molar-refractivity contribution is 6.03. The highest BCUT2D eigenvalue weighted by Gasteiger charge is 2.32. The maximum absolute atomic E-state index is 12.5. The highest BCUT2D eigenvalue weighted by Crippen LogP contribution is 2.39. The third-order valence-electron chi connectivity index (χ3n) is 4.05. The van der Waals surface area contributed by atoms with Crippen molar-refractivity contribution in [3.05, 3.63) is 39.2 Å². The molecule has 0 aromatic carbocycles. The summed E-state index contributed by atoms with van der Waals surface area (Å²) in [7, 11) is 0. The molecule has 3 rings (SSSR count). The summed E-state index contributed by atoms with van der Waals surface area (Å²) in [5.41, 5.74) is 1.70. The van der Waals surface area contributed by atoms with Crippen LogP contribution in [0.15, 0.2) is 16.9 Å². The Kier molecular flexibility index (Phi) is 3.08. The number of ketones is 1. The van der Waals surface area contributed by atoms with Gasteiger partial charge in [-0.15, -0.1) is 0 Å². The van der Waals surface area contributed by atoms with Crippen molar-refractivity contribution in [3.63, 3.8) is 0 Å². The van der Waals surface area contributed by atoms with Crippen LogP contribution in [0.1, 0.15) is 48.8 Å². The molecule has 0 bridgehead atoms. The molecule has 0 spiro atoms. The van der Waals surface area contributed by atoms with Gasteiger partial charge in [0.25, 0.3) is 5.56 Å². The number of allylic oxidation sites excluding steroid dienone is 2. The van der Waals surface area contributed by atoms with Gasteiger partial charge in [0.15, 0.2) is 5.78 Å². The van der Waals surface area contributed by atoms with E-state index in [2.05, 4.69) is 0 Å². The standard InChI is InChI=1S/C16H17NO3/c1-2-3-9-17-15(19)11-6-4-5-10-13(18)8-7-12(14(10)11)16(17)20/h4,6-8,10,19H,2-3,5,9H2,1H3. The Labute approximate surface area is 117 Å². The zero-order valence-electron chi connectivity index (χ0n) is 11.4. The van der Waals surface area contributed by atoms with Crippen LogP contribution in [0.5, 0.6) is 5.88 Å². The molecule has 20 heavy (non-hydrogen) atoms. The van der Waals surface area contributed by atoms with Crippen LogP contribution in [0.2, 0.25) is 0 Å². The van der Waals surface area contributed by atoms with Crippen LogP contribution < -0.4 is 5.56 Å². The lowest BCUT2D eigenvalue weighted by Crippen LogP contribution is -2.30. The maximum Gasteiger partial charge on any atom is 0.260 e. The van der Waals surface area contributed by atoms with Crippen LogP contribution in [0, 0.1) is 0 Å². The summed E-state index contributed by atoms with van der Waals surface area (Å²) in [5, 5.41) is 10.4. The minimum absolute atomic E-state index is 0.00760. The molecule has 0 saturated heterocycles. The molecule has 0 radical (unpaired) electrons. The molecule has 0 fully saturated rings. The summed E-state index contributed by atoms with van der Waals surface area (Å²) < 4.78 is 1.42. The van der Waals surface area contributed by atoms with E-state index in [9.17, 15) is 14.7 Å². The number of aromatic nitrogens is 1. The zero-order valence-corrected chi connectivity index (χ0v) is 11.4. The van der Waals surface area contributed by atoms with E-state index < -0.39 is 0 Å². The van der Waals surface area contributed by atoms with Crippen molar-refractivity contribution in [1.82, 2.24) is 4.57 Å². The molecule has 1 aromatic heterocycles. The summed E-state index contributed by atoms with van der Waals surface area (Å²) in [4.78, 5) is 24.4. The quantitative estimate of drug-likeness (QED) is 0.918. The summed E-state index contributed by atoms with van der Waals surface area (Å²) in [6.45, 7) is 2.54. The predicted octanol–water partition coefficient (Wildman–Crippen LogP) is 2.45. The lowest BCUT2D eigenvalue weighted by Gasteiger charge is -2.26. The predicted molar refractivity (Wildman–Crippen MR) is 77.7 cm³/mol. The number of rotatable bonds is 3. The molecule has 2 aliphatic carbocycles. The topological polar surface area (TPSA) is 59.3 Å². The van der Waals surface area contributed by atoms with Crippen LogP contribution in [-0.4, -0.2) is 15.5 Å². The van der Waals surface area contributed by atoms with Gasteiger partial charge >= 0.3 is 0 Å². The fraction of sp³-hybridized carbons (Fsp3) is 0.375. The van der Waals surface area contributed by atoms with Crippen molar-refractivity contribution in [1.29, 1.82) is 0 Å². The molecular formula is C16H17NO3. The number of unbranched alkanes of at least 4 members (excludes halogenated alkanes) is 1. The first-order valence-corrected chi connectivity index (χ1v) is 7.03. The van der Waals surface area contributed by atoms with Crippen molar-refractivity contribution < 1.29 is 9.90 Å². The van der Waals surface area contributed by atoms with Gasteiger partial charge in [-0.1, -0.05) is 25.5 Å². The van der Waals surface area contributed by atoms with Crippen LogP contribution in [0.25, 0.3) is 12.2 Å². The molecule has 0 amide bonds. The molecule has 104 valence electrons. The molecule has 2 aliphatic rings. The van der Waals surface area contributed by atoms with Crippen LogP contribution in [-0.2, 0) is 11.3 Å². The number of aromatic hydroxyl groups is 1. The van der Waals surface area contributed by atoms with E-state index >= 15 is 0 Å². The summed E-state index contributed by atoms with van der Waals surface area (Å²) >= 11 is 0. The number of hydrogen-bond donors (Lipinski definition) is 1. The Bertz CT molecular complexity index is 695. The maximum atomic E-state index is 12.5. The van der Waals surface area contributed by atoms with Gasteiger partial charge in [0.1, 0.15) is 0 Å². The van der Waals surface area contributed by atoms with Gasteiger partial charge < -0.3 is 5.11 Å². The average molecular weight is 271 g/mol. The third kappa shape index (κ3) is 1.75. The largest absolute Gasteiger partial charge is 0.494 e. The lowest BCUT2D eigenvalue weighted by molar-refractivity contribution is -0.116. The fourth-order valence-electron chi connectivity index (χ4n) is 2.97. The van der Waals surface area contributed by atoms with Crippen molar-refractivity contribution in [2.75, 3.05) is 0 Å². The van der Waals surface area contributed by atoms with Crippen molar-refractivity contribution >= 4 is 17.9 Å². The van der Waals surface area contributed by atoms with Crippen LogP contribution in [0.4, 0.5) is 0 Å². The molecule has 1 N–H and O–H groups in total. The Hall–Kier alpha value is -2.10. The van der Waals surface area contributed by atoms with E-state index in [1.165, 1.54) is 10.6 Å². The van der Waals surface area contributed by atoms with Crippen molar-refractivity contribution in [2.45, 2.75) is 38.6 Å². The Balaban J connectivity index is 2.28. The molecule has 4 nitrogen and oxygen atoms in total. The molecule has 1 aromatic rings. The molecular weight excluding hydrogens is 254 g/mol. The lowest BCUT2D eigenvalue weighted by atomic mass is 9.79. The van der Waals surface area contributed by atoms with E-state index in [1.54, 1.807) is 6.08 Å². The normalized spacial score (nSPS) is 19.2. The number of hydrogen-bond acceptors (Lipinski definition) is 3. The van der Waals surface area contributed by atoms with E-state index in [0.717, 1.165) is 12.8 Å². The van der Waals surface area contributed by atoms with Gasteiger partial charge in [-0.3, -0.25) is 14.2 Å². The summed E-state index contributed by atoms with van der Waals surface area (Å²) in [6.07, 6.45) is 9.17. The number of pyridine rings is 1. The monoisotopic (exact) mass is 271 g/mol. The second-order valence-corrected chi connectivity index (χ2v) is 5.30. The van der Waals surface area contributed by atoms with E-state index in [1.807, 2.05) is 19.1 Å². The first-order valence-electron chi connectivity index (χ1n) is 7.03. The Morgan fingerprint density at radius 2 is 2.05 bits per heavy atom. The zero-order chi connectivity index (χ0) is 14.3. The highest BCUT2D eigenvalue weighted by atomic mass is 16.3. The molecule has 1 heterocycles. The van der Waals surface area contributed by atoms with Crippen LogP contribution in [0.3, 0.4) is 0 Å². The second-order valence-electron chi connectivity index (χ2n) is 5.30. The first-order chi connectivity index (χ1) is 9.65. The number of carbonyl (C=O) groups is 1. The smallest absolute Gasteiger partial charge is 0.260 e.